The van der Waals surface area contributed by atoms with E-state index >= 15 is 0 Å². The monoisotopic (exact) mass is 1180 g/mol. The Morgan fingerprint density at radius 1 is 0.477 bits per heavy atom. The number of hydrogen-bond acceptors (Lipinski definition) is 14. The lowest BCUT2D eigenvalue weighted by atomic mass is 9.95. The van der Waals surface area contributed by atoms with E-state index in [9.17, 15) is 39.0 Å². The molecule has 2 heterocycles. The SMILES string of the molecule is CCCCC(CC)CN(CC(CC)CCCC)C(=O)c1cccc(N=Nc2c(C)c(C(=O)OC)c(=O)n(-c3cccc(-n4c(O)c(N=Nc5cccc(C(=O)N(CC(CC)CCCC)CC(CC)CCCC)c5)c(C)c(C(=O)OC)c4=O)c3)c2O)c1. The minimum Gasteiger partial charge on any atom is -0.493 e. The van der Waals surface area contributed by atoms with Crippen LogP contribution in [0, 0.1) is 37.5 Å². The third-order valence-corrected chi connectivity index (χ3v) is 16.6. The number of aromatic nitrogens is 2. The van der Waals surface area contributed by atoms with Crippen molar-refractivity contribution in [3.8, 4) is 23.1 Å². The highest BCUT2D eigenvalue weighted by atomic mass is 16.5. The Morgan fingerprint density at radius 2 is 0.791 bits per heavy atom. The van der Waals surface area contributed by atoms with E-state index in [4.69, 9.17) is 9.47 Å². The second-order valence-electron chi connectivity index (χ2n) is 22.7. The lowest BCUT2D eigenvalue weighted by Crippen LogP contribution is -2.39. The molecule has 0 spiro atoms. The van der Waals surface area contributed by atoms with Crippen LogP contribution >= 0.6 is 0 Å². The summed E-state index contributed by atoms with van der Waals surface area (Å²) in [6, 6.07) is 18.9. The first-order valence-electron chi connectivity index (χ1n) is 31.3. The highest BCUT2D eigenvalue weighted by Gasteiger charge is 2.30. The summed E-state index contributed by atoms with van der Waals surface area (Å²) < 4.78 is 11.7. The number of nitrogens with zero attached hydrogens (tertiary/aromatic N) is 8. The molecule has 2 amide bonds. The van der Waals surface area contributed by atoms with Crippen molar-refractivity contribution < 1.29 is 38.9 Å². The van der Waals surface area contributed by atoms with Gasteiger partial charge in [0.25, 0.3) is 22.9 Å². The van der Waals surface area contributed by atoms with Gasteiger partial charge in [0.2, 0.25) is 11.8 Å². The third-order valence-electron chi connectivity index (χ3n) is 16.6. The summed E-state index contributed by atoms with van der Waals surface area (Å²) in [7, 11) is 2.20. The zero-order chi connectivity index (χ0) is 63.0. The molecule has 18 nitrogen and oxygen atoms in total. The first kappa shape index (κ1) is 69.0. The van der Waals surface area contributed by atoms with E-state index in [0.717, 1.165) is 126 Å². The van der Waals surface area contributed by atoms with Crippen molar-refractivity contribution in [3.05, 3.63) is 127 Å². The maximum atomic E-state index is 14.5. The van der Waals surface area contributed by atoms with Crippen LogP contribution in [0.4, 0.5) is 22.7 Å². The van der Waals surface area contributed by atoms with Crippen molar-refractivity contribution in [2.75, 3.05) is 40.4 Å². The first-order chi connectivity index (χ1) is 41.4. The van der Waals surface area contributed by atoms with Crippen LogP contribution in [-0.2, 0) is 9.47 Å². The van der Waals surface area contributed by atoms with Gasteiger partial charge in [0.1, 0.15) is 11.1 Å². The summed E-state index contributed by atoms with van der Waals surface area (Å²) in [6.45, 7) is 22.7. The van der Waals surface area contributed by atoms with Crippen LogP contribution in [-0.4, -0.2) is 93.3 Å². The largest absolute Gasteiger partial charge is 0.493 e. The normalized spacial score (nSPS) is 13.0. The van der Waals surface area contributed by atoms with Crippen molar-refractivity contribution in [2.24, 2.45) is 44.1 Å². The molecule has 0 aliphatic rings. The maximum absolute atomic E-state index is 14.5. The van der Waals surface area contributed by atoms with Crippen LogP contribution in [0.3, 0.4) is 0 Å². The van der Waals surface area contributed by atoms with Crippen molar-refractivity contribution in [1.29, 1.82) is 0 Å². The van der Waals surface area contributed by atoms with Crippen molar-refractivity contribution in [3.63, 3.8) is 0 Å². The average molecular weight is 1180 g/mol. The molecule has 0 aliphatic heterocycles. The number of hydrogen-bond donors (Lipinski definition) is 2. The Balaban J connectivity index is 1.60. The molecule has 3 aromatic carbocycles. The fraction of sp³-hybridized carbons (Fsp3) is 0.529. The number of aromatic hydroxyl groups is 2. The average Bonchev–Trinajstić information content (AvgIpc) is 1.08. The standard InChI is InChI=1S/C68H94N8O10/c1-13-21-28-47(17-5)41-73(42-48(18-6)29-22-14-2)61(77)51-32-25-34-53(38-51)69-71-59-45(9)57(67(83)85-11)63(79)75(65(59)81)55-36-27-37-56(40-55)76-64(80)58(68(84)86-12)46(10)60(66(76)82)72-70-54-35-26-33-52(39-54)62(78)74(43-49(19-7)30-23-15-3)44-50(20-8)31-24-16-4/h25-27,32-40,47-50,81-82H,13-24,28-31,41-44H2,1-12H3. The first-order valence-corrected chi connectivity index (χ1v) is 31.3. The molecule has 2 aromatic heterocycles. The van der Waals surface area contributed by atoms with Crippen LogP contribution in [0.15, 0.2) is 103 Å². The van der Waals surface area contributed by atoms with Crippen LogP contribution in [0.5, 0.6) is 11.8 Å². The molecular weight excluding hydrogens is 1090 g/mol. The summed E-state index contributed by atoms with van der Waals surface area (Å²) >= 11 is 0. The molecule has 0 radical (unpaired) electrons. The lowest BCUT2D eigenvalue weighted by Gasteiger charge is -2.31. The quantitative estimate of drug-likeness (QED) is 0.0292. The van der Waals surface area contributed by atoms with Crippen LogP contribution in [0.25, 0.3) is 11.4 Å². The van der Waals surface area contributed by atoms with E-state index in [0.29, 0.717) is 61.0 Å². The van der Waals surface area contributed by atoms with Gasteiger partial charge >= 0.3 is 11.9 Å². The number of azo groups is 2. The van der Waals surface area contributed by atoms with E-state index in [1.54, 1.807) is 48.5 Å². The van der Waals surface area contributed by atoms with Crippen LogP contribution in [0.2, 0.25) is 0 Å². The number of unbranched alkanes of at least 4 members (excludes halogenated alkanes) is 4. The zero-order valence-corrected chi connectivity index (χ0v) is 53.1. The molecule has 86 heavy (non-hydrogen) atoms. The number of amides is 2. The molecule has 18 heteroatoms. The van der Waals surface area contributed by atoms with Gasteiger partial charge in [-0.3, -0.25) is 19.2 Å². The highest BCUT2D eigenvalue weighted by Crippen LogP contribution is 2.38. The molecule has 0 aliphatic carbocycles. The maximum Gasteiger partial charge on any atom is 0.343 e. The van der Waals surface area contributed by atoms with Gasteiger partial charge in [0.15, 0.2) is 11.4 Å². The molecule has 4 atom stereocenters. The van der Waals surface area contributed by atoms with E-state index in [2.05, 4.69) is 75.8 Å². The van der Waals surface area contributed by atoms with Gasteiger partial charge in [-0.05, 0) is 118 Å². The minimum atomic E-state index is -1.03. The number of methoxy groups -OCH3 is 2. The van der Waals surface area contributed by atoms with Gasteiger partial charge in [0.05, 0.1) is 37.0 Å². The van der Waals surface area contributed by atoms with E-state index < -0.39 is 45.9 Å². The number of benzene rings is 3. The van der Waals surface area contributed by atoms with Crippen molar-refractivity contribution >= 4 is 46.5 Å². The molecule has 0 saturated heterocycles. The van der Waals surface area contributed by atoms with Gasteiger partial charge in [-0.1, -0.05) is 151 Å². The number of carbonyl (C=O) groups is 4. The number of carbonyl (C=O) groups excluding carboxylic acids is 4. The Hall–Kier alpha value is -7.76. The summed E-state index contributed by atoms with van der Waals surface area (Å²) in [5.41, 5.74) is -2.54. The molecule has 0 fully saturated rings. The molecule has 466 valence electrons. The Labute approximate surface area is 508 Å². The van der Waals surface area contributed by atoms with Crippen molar-refractivity contribution in [1.82, 2.24) is 18.9 Å². The fourth-order valence-electron chi connectivity index (χ4n) is 11.1. The summed E-state index contributed by atoms with van der Waals surface area (Å²) in [5, 5.41) is 41.9. The predicted molar refractivity (Wildman–Crippen MR) is 339 cm³/mol. The van der Waals surface area contributed by atoms with E-state index in [1.807, 2.05) is 9.80 Å². The fourth-order valence-corrected chi connectivity index (χ4v) is 11.1. The Bertz CT molecular complexity index is 3030. The summed E-state index contributed by atoms with van der Waals surface area (Å²) in [4.78, 5) is 88.8. The van der Waals surface area contributed by atoms with Crippen LogP contribution in [0.1, 0.15) is 211 Å². The summed E-state index contributed by atoms with van der Waals surface area (Å²) in [5.74, 6) is -2.44. The minimum absolute atomic E-state index is 0.0540. The molecular formula is C68H94N8O10. The molecule has 2 N–H and O–H groups in total. The number of esters is 2. The number of pyridine rings is 2. The predicted octanol–water partition coefficient (Wildman–Crippen LogP) is 16.2. The Morgan fingerprint density at radius 3 is 1.08 bits per heavy atom. The van der Waals surface area contributed by atoms with Gasteiger partial charge in [-0.15, -0.1) is 10.2 Å². The van der Waals surface area contributed by atoms with Gasteiger partial charge in [0, 0.05) is 48.4 Å². The van der Waals surface area contributed by atoms with Crippen molar-refractivity contribution in [2.45, 2.75) is 172 Å². The Kier molecular flexibility index (Phi) is 27.6. The molecule has 4 unspecified atom stereocenters. The zero-order valence-electron chi connectivity index (χ0n) is 53.1. The molecule has 5 aromatic rings. The van der Waals surface area contributed by atoms with Gasteiger partial charge < -0.3 is 29.5 Å². The van der Waals surface area contributed by atoms with E-state index in [-0.39, 0.29) is 57.1 Å². The molecule has 5 rings (SSSR count). The second kappa shape index (κ2) is 34.4. The van der Waals surface area contributed by atoms with E-state index in [1.165, 1.54) is 38.1 Å². The third kappa shape index (κ3) is 17.7. The van der Waals surface area contributed by atoms with Gasteiger partial charge in [-0.2, -0.15) is 10.2 Å². The number of ether oxygens (including phenoxy) is 2. The highest BCUT2D eigenvalue weighted by molar-refractivity contribution is 5.96. The molecule has 0 saturated carbocycles. The topological polar surface area (TPSA) is 227 Å². The second-order valence-corrected chi connectivity index (χ2v) is 22.7. The van der Waals surface area contributed by atoms with Gasteiger partial charge in [-0.25, -0.2) is 18.7 Å². The smallest absolute Gasteiger partial charge is 0.343 e. The van der Waals surface area contributed by atoms with Crippen LogP contribution < -0.4 is 11.1 Å². The number of rotatable bonds is 34. The molecule has 0 bridgehead atoms. The lowest BCUT2D eigenvalue weighted by molar-refractivity contribution is 0.0588. The summed E-state index contributed by atoms with van der Waals surface area (Å²) in [6.07, 6.45) is 16.5.